The van der Waals surface area contributed by atoms with Crippen LogP contribution in [0, 0.1) is 5.92 Å². The third-order valence-electron chi connectivity index (χ3n) is 7.08. The molecule has 1 saturated carbocycles. The van der Waals surface area contributed by atoms with E-state index in [4.69, 9.17) is 11.6 Å². The van der Waals surface area contributed by atoms with Gasteiger partial charge in [-0.05, 0) is 54.5 Å². The molecule has 2 aliphatic rings. The molecule has 0 bridgehead atoms. The van der Waals surface area contributed by atoms with E-state index in [1.54, 1.807) is 36.8 Å². The maximum atomic E-state index is 13.5. The number of hydrogen-bond donors (Lipinski definition) is 1. The fraction of sp³-hybridized carbons (Fsp3) is 0.370. The summed E-state index contributed by atoms with van der Waals surface area (Å²) in [7, 11) is 0. The fourth-order valence-electron chi connectivity index (χ4n) is 5.49. The predicted molar refractivity (Wildman–Crippen MR) is 131 cm³/mol. The van der Waals surface area contributed by atoms with Gasteiger partial charge in [-0.1, -0.05) is 54.8 Å². The minimum Gasteiger partial charge on any atom is -0.350 e. The first-order valence-electron chi connectivity index (χ1n) is 12.0. The molecule has 3 aromatic rings. The normalized spacial score (nSPS) is 21.8. The second kappa shape index (κ2) is 10.0. The summed E-state index contributed by atoms with van der Waals surface area (Å²) in [5.74, 6) is 0.204. The molecule has 5 rings (SSSR count). The van der Waals surface area contributed by atoms with Gasteiger partial charge in [-0.25, -0.2) is 4.98 Å². The zero-order valence-electron chi connectivity index (χ0n) is 19.1. The van der Waals surface area contributed by atoms with Crippen LogP contribution >= 0.6 is 11.6 Å². The highest BCUT2D eigenvalue weighted by atomic mass is 35.5. The Labute approximate surface area is 204 Å². The number of likely N-dealkylation sites (tertiary alicyclic amines) is 1. The fourth-order valence-corrected chi connectivity index (χ4v) is 5.68. The summed E-state index contributed by atoms with van der Waals surface area (Å²) in [6.07, 6.45) is 10.5. The van der Waals surface area contributed by atoms with E-state index in [0.717, 1.165) is 43.4 Å². The first-order valence-corrected chi connectivity index (χ1v) is 12.4. The number of imidazole rings is 1. The number of benzene rings is 2. The molecule has 1 aromatic heterocycles. The number of rotatable bonds is 6. The molecule has 2 heterocycles. The van der Waals surface area contributed by atoms with E-state index in [1.807, 2.05) is 27.8 Å². The second-order valence-electron chi connectivity index (χ2n) is 9.36. The van der Waals surface area contributed by atoms with Gasteiger partial charge >= 0.3 is 0 Å². The Balaban J connectivity index is 1.30. The van der Waals surface area contributed by atoms with Gasteiger partial charge in [0.2, 0.25) is 5.91 Å². The highest BCUT2D eigenvalue weighted by molar-refractivity contribution is 6.31. The minimum absolute atomic E-state index is 0.0789. The van der Waals surface area contributed by atoms with Gasteiger partial charge in [0.1, 0.15) is 6.04 Å². The highest BCUT2D eigenvalue weighted by Crippen LogP contribution is 2.40. The Morgan fingerprint density at radius 3 is 2.71 bits per heavy atom. The number of amides is 2. The topological polar surface area (TPSA) is 67.2 Å². The summed E-state index contributed by atoms with van der Waals surface area (Å²) in [6.45, 7) is 1.16. The number of carbonyl (C=O) groups excluding carboxylic acids is 2. The molecule has 6 nitrogen and oxygen atoms in total. The first kappa shape index (κ1) is 22.7. The van der Waals surface area contributed by atoms with E-state index < -0.39 is 6.04 Å². The zero-order valence-corrected chi connectivity index (χ0v) is 19.8. The van der Waals surface area contributed by atoms with Crippen LogP contribution in [-0.2, 0) is 17.9 Å². The van der Waals surface area contributed by atoms with Crippen molar-refractivity contribution in [1.29, 1.82) is 0 Å². The number of nitrogens with zero attached hydrogens (tertiary/aromatic N) is 3. The van der Waals surface area contributed by atoms with Crippen molar-refractivity contribution < 1.29 is 9.59 Å². The summed E-state index contributed by atoms with van der Waals surface area (Å²) in [6, 6.07) is 14.9. The second-order valence-corrected chi connectivity index (χ2v) is 9.80. The van der Waals surface area contributed by atoms with Crippen LogP contribution in [0.15, 0.2) is 67.3 Å². The number of carbonyl (C=O) groups is 2. The Bertz CT molecular complexity index is 1160. The van der Waals surface area contributed by atoms with E-state index in [-0.39, 0.29) is 17.9 Å². The predicted octanol–water partition coefficient (Wildman–Crippen LogP) is 4.67. The van der Waals surface area contributed by atoms with Gasteiger partial charge in [0, 0.05) is 42.1 Å². The third-order valence-corrected chi connectivity index (χ3v) is 7.31. The van der Waals surface area contributed by atoms with Crippen LogP contribution in [0.4, 0.5) is 0 Å². The number of aromatic nitrogens is 2. The van der Waals surface area contributed by atoms with Crippen molar-refractivity contribution in [2.75, 3.05) is 0 Å². The van der Waals surface area contributed by atoms with Gasteiger partial charge in [0.25, 0.3) is 5.91 Å². The molecule has 2 amide bonds. The summed E-state index contributed by atoms with van der Waals surface area (Å²) in [5.41, 5.74) is 2.73. The minimum atomic E-state index is -0.450. The molecule has 1 aliphatic carbocycles. The van der Waals surface area contributed by atoms with Crippen LogP contribution < -0.4 is 5.32 Å². The molecule has 1 N–H and O–H groups in total. The molecule has 1 aliphatic heterocycles. The number of fused-ring (bicyclic) bond motifs is 1. The molecular weight excluding hydrogens is 448 g/mol. The van der Waals surface area contributed by atoms with Crippen molar-refractivity contribution in [3.8, 4) is 0 Å². The average molecular weight is 477 g/mol. The van der Waals surface area contributed by atoms with E-state index in [9.17, 15) is 9.59 Å². The van der Waals surface area contributed by atoms with Gasteiger partial charge < -0.3 is 14.8 Å². The average Bonchev–Trinajstić information content (AvgIpc) is 3.50. The van der Waals surface area contributed by atoms with Crippen molar-refractivity contribution in [3.63, 3.8) is 0 Å². The largest absolute Gasteiger partial charge is 0.350 e. The lowest BCUT2D eigenvalue weighted by molar-refractivity contribution is -0.125. The third kappa shape index (κ3) is 4.87. The summed E-state index contributed by atoms with van der Waals surface area (Å²) < 4.78 is 2.01. The smallest absolute Gasteiger partial charge is 0.254 e. The van der Waals surface area contributed by atoms with E-state index in [2.05, 4.69) is 22.4 Å². The molecule has 176 valence electrons. The summed E-state index contributed by atoms with van der Waals surface area (Å²) >= 11 is 6.15. The van der Waals surface area contributed by atoms with Crippen molar-refractivity contribution in [2.45, 2.75) is 57.3 Å². The van der Waals surface area contributed by atoms with Crippen molar-refractivity contribution >= 4 is 23.4 Å². The molecule has 1 saturated heterocycles. The summed E-state index contributed by atoms with van der Waals surface area (Å²) in [5, 5.41) is 3.64. The standard InChI is InChI=1S/C27H29ClN4O2/c28-23-9-4-8-22(14-23)27(34)32-24-10-2-1-7-21(24)15-25(32)26(33)30-16-19-5-3-6-20(13-19)17-31-12-11-29-18-31/h3-6,8-9,11-14,18,21,24-25H,1-2,7,10,15-17H2,(H,30,33)/t21-,24-,25+/m1/s1. The Morgan fingerprint density at radius 2 is 1.88 bits per heavy atom. The van der Waals surface area contributed by atoms with Crippen LogP contribution in [0.25, 0.3) is 0 Å². The molecule has 2 fully saturated rings. The number of hydrogen-bond acceptors (Lipinski definition) is 3. The lowest BCUT2D eigenvalue weighted by Crippen LogP contribution is -2.49. The molecule has 2 aromatic carbocycles. The van der Waals surface area contributed by atoms with Crippen LogP contribution in [0.1, 0.15) is 53.6 Å². The molecule has 3 atom stereocenters. The zero-order chi connectivity index (χ0) is 23.5. The Hall–Kier alpha value is -3.12. The van der Waals surface area contributed by atoms with Gasteiger partial charge in [0.15, 0.2) is 0 Å². The molecule has 0 unspecified atom stereocenters. The monoisotopic (exact) mass is 476 g/mol. The quantitative estimate of drug-likeness (QED) is 0.562. The maximum absolute atomic E-state index is 13.5. The molecule has 7 heteroatoms. The molecule has 34 heavy (non-hydrogen) atoms. The molecular formula is C27H29ClN4O2. The van der Waals surface area contributed by atoms with Gasteiger partial charge in [-0.2, -0.15) is 0 Å². The van der Waals surface area contributed by atoms with Crippen LogP contribution in [0.2, 0.25) is 5.02 Å². The van der Waals surface area contributed by atoms with Gasteiger partial charge in [-0.3, -0.25) is 9.59 Å². The van der Waals surface area contributed by atoms with Gasteiger partial charge in [-0.15, -0.1) is 0 Å². The summed E-state index contributed by atoms with van der Waals surface area (Å²) in [4.78, 5) is 32.8. The SMILES string of the molecule is O=C(NCc1cccc(Cn2ccnc2)c1)[C@@H]1C[C@H]2CCCC[C@H]2N1C(=O)c1cccc(Cl)c1. The first-order chi connectivity index (χ1) is 16.6. The van der Waals surface area contributed by atoms with E-state index in [1.165, 1.54) is 6.42 Å². The lowest BCUT2D eigenvalue weighted by Gasteiger charge is -2.33. The maximum Gasteiger partial charge on any atom is 0.254 e. The van der Waals surface area contributed by atoms with E-state index in [0.29, 0.717) is 23.0 Å². The van der Waals surface area contributed by atoms with Crippen LogP contribution in [0.3, 0.4) is 0 Å². The highest BCUT2D eigenvalue weighted by Gasteiger charge is 2.47. The van der Waals surface area contributed by atoms with E-state index >= 15 is 0 Å². The van der Waals surface area contributed by atoms with Gasteiger partial charge in [0.05, 0.1) is 6.33 Å². The lowest BCUT2D eigenvalue weighted by atomic mass is 9.84. The van der Waals surface area contributed by atoms with Crippen molar-refractivity contribution in [3.05, 3.63) is 89.0 Å². The number of nitrogens with one attached hydrogen (secondary N) is 1. The molecule has 0 radical (unpaired) electrons. The molecule has 0 spiro atoms. The van der Waals surface area contributed by atoms with Crippen molar-refractivity contribution in [2.24, 2.45) is 5.92 Å². The Morgan fingerprint density at radius 1 is 1.06 bits per heavy atom. The Kier molecular flexibility index (Phi) is 6.68. The van der Waals surface area contributed by atoms with Crippen LogP contribution in [-0.4, -0.2) is 38.3 Å². The number of halogens is 1. The van der Waals surface area contributed by atoms with Crippen LogP contribution in [0.5, 0.6) is 0 Å². The van der Waals surface area contributed by atoms with Crippen molar-refractivity contribution in [1.82, 2.24) is 19.8 Å².